The van der Waals surface area contributed by atoms with Crippen LogP contribution in [-0.4, -0.2) is 18.5 Å². The molecule has 0 bridgehead atoms. The van der Waals surface area contributed by atoms with Gasteiger partial charge < -0.3 is 10.1 Å². The maximum atomic E-state index is 13.6. The number of hydrogen-bond donors (Lipinski definition) is 1. The van der Waals surface area contributed by atoms with Gasteiger partial charge in [0, 0.05) is 5.69 Å². The largest absolute Gasteiger partial charge is 0.452 e. The van der Waals surface area contributed by atoms with Gasteiger partial charge in [-0.15, -0.1) is 0 Å². The van der Waals surface area contributed by atoms with Crippen molar-refractivity contribution in [2.24, 2.45) is 0 Å². The molecule has 0 saturated heterocycles. The van der Waals surface area contributed by atoms with E-state index in [0.717, 1.165) is 25.3 Å². The summed E-state index contributed by atoms with van der Waals surface area (Å²) in [4.78, 5) is 23.7. The van der Waals surface area contributed by atoms with Crippen LogP contribution in [-0.2, 0) is 16.0 Å². The molecule has 0 saturated carbocycles. The maximum Gasteiger partial charge on any atom is 0.343 e. The van der Waals surface area contributed by atoms with Crippen LogP contribution in [0.2, 0.25) is 5.02 Å². The highest BCUT2D eigenvalue weighted by Gasteiger charge is 2.18. The second kappa shape index (κ2) is 9.18. The molecule has 4 nitrogen and oxygen atoms in total. The van der Waals surface area contributed by atoms with Gasteiger partial charge in [-0.05, 0) is 42.7 Å². The maximum absolute atomic E-state index is 13.6. The number of rotatable bonds is 7. The van der Waals surface area contributed by atoms with E-state index in [-0.39, 0.29) is 10.6 Å². The van der Waals surface area contributed by atoms with Gasteiger partial charge in [0.1, 0.15) is 11.4 Å². The van der Waals surface area contributed by atoms with Crippen LogP contribution in [0, 0.1) is 5.82 Å². The fourth-order valence-corrected chi connectivity index (χ4v) is 2.47. The molecule has 0 heterocycles. The molecule has 0 atom stereocenters. The number of hydrogen-bond acceptors (Lipinski definition) is 3. The van der Waals surface area contributed by atoms with Crippen molar-refractivity contribution in [3.63, 3.8) is 0 Å². The number of benzene rings is 2. The molecular weight excluding hydrogens is 345 g/mol. The minimum Gasteiger partial charge on any atom is -0.452 e. The minimum atomic E-state index is -0.979. The second-order valence-electron chi connectivity index (χ2n) is 5.52. The summed E-state index contributed by atoms with van der Waals surface area (Å²) >= 11 is 5.78. The smallest absolute Gasteiger partial charge is 0.343 e. The van der Waals surface area contributed by atoms with Crippen molar-refractivity contribution < 1.29 is 18.7 Å². The molecule has 0 aliphatic heterocycles. The number of carbonyl (C=O) groups is 2. The SMILES string of the molecule is CCCCc1ccc(NC(=O)COC(=O)c2c(F)cccc2Cl)cc1. The first-order chi connectivity index (χ1) is 12.0. The summed E-state index contributed by atoms with van der Waals surface area (Å²) in [6.45, 7) is 1.60. The standard InChI is InChI=1S/C19H19ClFNO3/c1-2-3-5-13-8-10-14(11-9-13)22-17(23)12-25-19(24)18-15(20)6-4-7-16(18)21/h4,6-11H,2-3,5,12H2,1H3,(H,22,23). The second-order valence-corrected chi connectivity index (χ2v) is 5.93. The van der Waals surface area contributed by atoms with Crippen LogP contribution in [0.5, 0.6) is 0 Å². The normalized spacial score (nSPS) is 10.4. The van der Waals surface area contributed by atoms with Gasteiger partial charge >= 0.3 is 5.97 Å². The summed E-state index contributed by atoms with van der Waals surface area (Å²) in [7, 11) is 0. The van der Waals surface area contributed by atoms with Gasteiger partial charge in [-0.1, -0.05) is 43.1 Å². The molecule has 6 heteroatoms. The Kier molecular flexibility index (Phi) is 6.95. The van der Waals surface area contributed by atoms with E-state index in [2.05, 4.69) is 12.2 Å². The quantitative estimate of drug-likeness (QED) is 0.730. The summed E-state index contributed by atoms with van der Waals surface area (Å²) < 4.78 is 18.4. The van der Waals surface area contributed by atoms with Crippen LogP contribution in [0.25, 0.3) is 0 Å². The van der Waals surface area contributed by atoms with Gasteiger partial charge in [0.25, 0.3) is 5.91 Å². The van der Waals surface area contributed by atoms with Gasteiger partial charge in [0.15, 0.2) is 6.61 Å². The van der Waals surface area contributed by atoms with E-state index < -0.39 is 24.3 Å². The van der Waals surface area contributed by atoms with E-state index in [1.54, 1.807) is 12.1 Å². The van der Waals surface area contributed by atoms with Gasteiger partial charge in [0.2, 0.25) is 0 Å². The average Bonchev–Trinajstić information content (AvgIpc) is 2.59. The van der Waals surface area contributed by atoms with Crippen molar-refractivity contribution in [1.29, 1.82) is 0 Å². The van der Waals surface area contributed by atoms with Crippen molar-refractivity contribution in [2.75, 3.05) is 11.9 Å². The fraction of sp³-hybridized carbons (Fsp3) is 0.263. The van der Waals surface area contributed by atoms with Crippen molar-refractivity contribution in [3.8, 4) is 0 Å². The molecule has 0 spiro atoms. The molecular formula is C19H19ClFNO3. The van der Waals surface area contributed by atoms with Crippen molar-refractivity contribution in [1.82, 2.24) is 0 Å². The Morgan fingerprint density at radius 2 is 1.88 bits per heavy atom. The summed E-state index contributed by atoms with van der Waals surface area (Å²) in [5.41, 5.74) is 1.42. The highest BCUT2D eigenvalue weighted by atomic mass is 35.5. The lowest BCUT2D eigenvalue weighted by Crippen LogP contribution is -2.21. The number of carbonyl (C=O) groups excluding carboxylic acids is 2. The summed E-state index contributed by atoms with van der Waals surface area (Å²) in [6.07, 6.45) is 3.22. The average molecular weight is 364 g/mol. The van der Waals surface area contributed by atoms with E-state index in [0.29, 0.717) is 5.69 Å². The predicted molar refractivity (Wildman–Crippen MR) is 95.4 cm³/mol. The third-order valence-electron chi connectivity index (χ3n) is 3.56. The zero-order valence-electron chi connectivity index (χ0n) is 13.9. The Labute approximate surface area is 150 Å². The van der Waals surface area contributed by atoms with Gasteiger partial charge in [-0.3, -0.25) is 4.79 Å². The number of aryl methyl sites for hydroxylation is 1. The molecule has 0 aromatic heterocycles. The number of halogens is 2. The van der Waals surface area contributed by atoms with E-state index in [1.165, 1.54) is 17.7 Å². The van der Waals surface area contributed by atoms with Gasteiger partial charge in [-0.25, -0.2) is 9.18 Å². The molecule has 2 aromatic rings. The summed E-state index contributed by atoms with van der Waals surface area (Å²) in [5, 5.41) is 2.56. The molecule has 2 rings (SSSR count). The van der Waals surface area contributed by atoms with E-state index >= 15 is 0 Å². The predicted octanol–water partition coefficient (Wildman–Crippen LogP) is 4.62. The first kappa shape index (κ1) is 18.9. The van der Waals surface area contributed by atoms with E-state index in [4.69, 9.17) is 16.3 Å². The zero-order chi connectivity index (χ0) is 18.2. The Hall–Kier alpha value is -2.40. The highest BCUT2D eigenvalue weighted by Crippen LogP contribution is 2.19. The highest BCUT2D eigenvalue weighted by molar-refractivity contribution is 6.33. The van der Waals surface area contributed by atoms with Crippen LogP contribution in [0.3, 0.4) is 0 Å². The first-order valence-electron chi connectivity index (χ1n) is 8.01. The third kappa shape index (κ3) is 5.57. The molecule has 25 heavy (non-hydrogen) atoms. The third-order valence-corrected chi connectivity index (χ3v) is 3.87. The lowest BCUT2D eigenvalue weighted by molar-refractivity contribution is -0.119. The summed E-state index contributed by atoms with van der Waals surface area (Å²) in [6, 6.07) is 11.3. The molecule has 0 radical (unpaired) electrons. The Bertz CT molecular complexity index is 727. The zero-order valence-corrected chi connectivity index (χ0v) is 14.6. The van der Waals surface area contributed by atoms with E-state index in [9.17, 15) is 14.0 Å². The minimum absolute atomic E-state index is 0.0620. The number of ether oxygens (including phenoxy) is 1. The number of esters is 1. The van der Waals surface area contributed by atoms with Crippen LogP contribution < -0.4 is 5.32 Å². The van der Waals surface area contributed by atoms with Crippen LogP contribution in [0.1, 0.15) is 35.7 Å². The van der Waals surface area contributed by atoms with E-state index in [1.807, 2.05) is 12.1 Å². The number of nitrogens with one attached hydrogen (secondary N) is 1. The number of unbranched alkanes of at least 4 members (excludes halogenated alkanes) is 1. The number of amides is 1. The Balaban J connectivity index is 1.87. The molecule has 0 fully saturated rings. The first-order valence-corrected chi connectivity index (χ1v) is 8.39. The Morgan fingerprint density at radius 3 is 2.52 bits per heavy atom. The monoisotopic (exact) mass is 363 g/mol. The van der Waals surface area contributed by atoms with Gasteiger partial charge in [-0.2, -0.15) is 0 Å². The molecule has 0 aliphatic carbocycles. The van der Waals surface area contributed by atoms with Crippen molar-refractivity contribution >= 4 is 29.2 Å². The topological polar surface area (TPSA) is 55.4 Å². The van der Waals surface area contributed by atoms with Crippen LogP contribution in [0.15, 0.2) is 42.5 Å². The van der Waals surface area contributed by atoms with Gasteiger partial charge in [0.05, 0.1) is 5.02 Å². The molecule has 2 aromatic carbocycles. The van der Waals surface area contributed by atoms with Crippen molar-refractivity contribution in [2.45, 2.75) is 26.2 Å². The molecule has 0 aliphatic rings. The molecule has 132 valence electrons. The van der Waals surface area contributed by atoms with Crippen LogP contribution >= 0.6 is 11.6 Å². The fourth-order valence-electron chi connectivity index (χ4n) is 2.23. The molecule has 1 N–H and O–H groups in total. The lowest BCUT2D eigenvalue weighted by Gasteiger charge is -2.08. The number of anilines is 1. The summed E-state index contributed by atoms with van der Waals surface area (Å²) in [5.74, 6) is -2.28. The van der Waals surface area contributed by atoms with Crippen LogP contribution in [0.4, 0.5) is 10.1 Å². The lowest BCUT2D eigenvalue weighted by atomic mass is 10.1. The van der Waals surface area contributed by atoms with Crippen molar-refractivity contribution in [3.05, 3.63) is 64.4 Å². The molecule has 0 unspecified atom stereocenters. The Morgan fingerprint density at radius 1 is 1.16 bits per heavy atom. The molecule has 1 amide bonds.